The highest BCUT2D eigenvalue weighted by Gasteiger charge is 2.14. The number of carbonyl (C=O) groups is 1. The van der Waals surface area contributed by atoms with Crippen LogP contribution in [0.25, 0.3) is 16.8 Å². The van der Waals surface area contributed by atoms with Crippen molar-refractivity contribution in [2.24, 2.45) is 0 Å². The van der Waals surface area contributed by atoms with Crippen molar-refractivity contribution in [1.82, 2.24) is 20.2 Å². The number of methoxy groups -OCH3 is 1. The van der Waals surface area contributed by atoms with E-state index in [1.807, 2.05) is 66.7 Å². The molecule has 30 heavy (non-hydrogen) atoms. The molecule has 0 unspecified atom stereocenters. The lowest BCUT2D eigenvalue weighted by molar-refractivity contribution is -0.113. The second kappa shape index (κ2) is 9.23. The molecule has 0 saturated carbocycles. The molecule has 4 aromatic rings. The SMILES string of the molecule is COc1ccccc1-n1nnnc1SCC(=O)Nc1ccc(-c2ccccc2)cc1. The molecule has 3 aromatic carbocycles. The summed E-state index contributed by atoms with van der Waals surface area (Å²) in [7, 11) is 1.59. The molecule has 0 aliphatic rings. The van der Waals surface area contributed by atoms with Gasteiger partial charge in [-0.3, -0.25) is 4.79 Å². The number of para-hydroxylation sites is 2. The molecule has 0 spiro atoms. The lowest BCUT2D eigenvalue weighted by Crippen LogP contribution is -2.14. The van der Waals surface area contributed by atoms with E-state index < -0.39 is 0 Å². The van der Waals surface area contributed by atoms with Gasteiger partial charge in [0.15, 0.2) is 0 Å². The molecule has 0 aliphatic carbocycles. The molecule has 1 aromatic heterocycles. The van der Waals surface area contributed by atoms with Gasteiger partial charge < -0.3 is 10.1 Å². The summed E-state index contributed by atoms with van der Waals surface area (Å²) in [6, 6.07) is 25.3. The molecule has 0 fully saturated rings. The number of amides is 1. The van der Waals surface area contributed by atoms with Crippen LogP contribution in [0.4, 0.5) is 5.69 Å². The number of thioether (sulfide) groups is 1. The van der Waals surface area contributed by atoms with Gasteiger partial charge in [0.2, 0.25) is 11.1 Å². The Kier molecular flexibility index (Phi) is 6.05. The quantitative estimate of drug-likeness (QED) is 0.457. The Morgan fingerprint density at radius 3 is 2.43 bits per heavy atom. The van der Waals surface area contributed by atoms with Crippen LogP contribution in [-0.4, -0.2) is 39.0 Å². The topological polar surface area (TPSA) is 81.9 Å². The van der Waals surface area contributed by atoms with Crippen molar-refractivity contribution < 1.29 is 9.53 Å². The van der Waals surface area contributed by atoms with Crippen molar-refractivity contribution in [3.8, 4) is 22.6 Å². The fourth-order valence-corrected chi connectivity index (χ4v) is 3.61. The molecule has 7 nitrogen and oxygen atoms in total. The van der Waals surface area contributed by atoms with Gasteiger partial charge in [-0.15, -0.1) is 5.10 Å². The molecule has 0 aliphatic heterocycles. The Morgan fingerprint density at radius 1 is 0.967 bits per heavy atom. The molecule has 1 heterocycles. The van der Waals surface area contributed by atoms with Crippen LogP contribution in [0.3, 0.4) is 0 Å². The highest BCUT2D eigenvalue weighted by atomic mass is 32.2. The molecular weight excluding hydrogens is 398 g/mol. The average Bonchev–Trinajstić information content (AvgIpc) is 3.27. The Bertz CT molecular complexity index is 1130. The summed E-state index contributed by atoms with van der Waals surface area (Å²) >= 11 is 1.25. The normalized spacial score (nSPS) is 10.6. The van der Waals surface area contributed by atoms with E-state index in [0.29, 0.717) is 16.6 Å². The van der Waals surface area contributed by atoms with Crippen LogP contribution >= 0.6 is 11.8 Å². The van der Waals surface area contributed by atoms with E-state index in [-0.39, 0.29) is 11.7 Å². The van der Waals surface area contributed by atoms with E-state index in [1.54, 1.807) is 11.8 Å². The highest BCUT2D eigenvalue weighted by Crippen LogP contribution is 2.26. The number of hydrogen-bond donors (Lipinski definition) is 1. The van der Waals surface area contributed by atoms with Crippen molar-refractivity contribution in [1.29, 1.82) is 0 Å². The predicted octanol–water partition coefficient (Wildman–Crippen LogP) is 4.07. The van der Waals surface area contributed by atoms with Gasteiger partial charge in [-0.05, 0) is 45.8 Å². The Labute approximate surface area is 178 Å². The molecule has 0 radical (unpaired) electrons. The van der Waals surface area contributed by atoms with Crippen molar-refractivity contribution in [2.45, 2.75) is 5.16 Å². The zero-order valence-corrected chi connectivity index (χ0v) is 17.0. The van der Waals surface area contributed by atoms with Gasteiger partial charge in [0.1, 0.15) is 11.4 Å². The number of rotatable bonds is 7. The first-order valence-electron chi connectivity index (χ1n) is 9.24. The number of aromatic nitrogens is 4. The van der Waals surface area contributed by atoms with Gasteiger partial charge in [-0.1, -0.05) is 66.4 Å². The smallest absolute Gasteiger partial charge is 0.234 e. The van der Waals surface area contributed by atoms with Crippen LogP contribution in [0.5, 0.6) is 5.75 Å². The van der Waals surface area contributed by atoms with E-state index in [1.165, 1.54) is 11.8 Å². The summed E-state index contributed by atoms with van der Waals surface area (Å²) in [5.41, 5.74) is 3.68. The van der Waals surface area contributed by atoms with Crippen molar-refractivity contribution in [2.75, 3.05) is 18.2 Å². The van der Waals surface area contributed by atoms with Crippen molar-refractivity contribution in [3.05, 3.63) is 78.9 Å². The average molecular weight is 417 g/mol. The van der Waals surface area contributed by atoms with Crippen molar-refractivity contribution in [3.63, 3.8) is 0 Å². The predicted molar refractivity (Wildman–Crippen MR) is 117 cm³/mol. The lowest BCUT2D eigenvalue weighted by Gasteiger charge is -2.09. The van der Waals surface area contributed by atoms with Crippen LogP contribution < -0.4 is 10.1 Å². The van der Waals surface area contributed by atoms with Crippen LogP contribution in [0.15, 0.2) is 84.0 Å². The lowest BCUT2D eigenvalue weighted by atomic mass is 10.1. The summed E-state index contributed by atoms with van der Waals surface area (Å²) in [6.07, 6.45) is 0. The van der Waals surface area contributed by atoms with Crippen LogP contribution in [0.2, 0.25) is 0 Å². The second-order valence-corrected chi connectivity index (χ2v) is 7.27. The third-order valence-corrected chi connectivity index (χ3v) is 5.28. The standard InChI is InChI=1S/C22H19N5O2S/c1-29-20-10-6-5-9-19(20)27-22(24-25-26-27)30-15-21(28)23-18-13-11-17(12-14-18)16-7-3-2-4-8-16/h2-14H,15H2,1H3,(H,23,28). The largest absolute Gasteiger partial charge is 0.494 e. The van der Waals surface area contributed by atoms with Crippen LogP contribution in [0.1, 0.15) is 0 Å². The molecule has 0 bridgehead atoms. The fourth-order valence-electron chi connectivity index (χ4n) is 2.93. The first kappa shape index (κ1) is 19.7. The number of nitrogens with zero attached hydrogens (tertiary/aromatic N) is 4. The van der Waals surface area contributed by atoms with E-state index in [0.717, 1.165) is 16.8 Å². The number of benzene rings is 3. The van der Waals surface area contributed by atoms with E-state index in [2.05, 4.69) is 33.0 Å². The number of nitrogens with one attached hydrogen (secondary N) is 1. The Morgan fingerprint density at radius 2 is 1.67 bits per heavy atom. The van der Waals surface area contributed by atoms with Gasteiger partial charge >= 0.3 is 0 Å². The molecule has 8 heteroatoms. The van der Waals surface area contributed by atoms with Gasteiger partial charge in [0.25, 0.3) is 0 Å². The second-order valence-electron chi connectivity index (χ2n) is 6.33. The number of ether oxygens (including phenoxy) is 1. The van der Waals surface area contributed by atoms with E-state index in [9.17, 15) is 4.79 Å². The number of carbonyl (C=O) groups excluding carboxylic acids is 1. The molecule has 0 saturated heterocycles. The summed E-state index contributed by atoms with van der Waals surface area (Å²) < 4.78 is 6.93. The van der Waals surface area contributed by atoms with Gasteiger partial charge in [-0.25, -0.2) is 0 Å². The number of hydrogen-bond acceptors (Lipinski definition) is 6. The maximum atomic E-state index is 12.4. The minimum atomic E-state index is -0.137. The summed E-state index contributed by atoms with van der Waals surface area (Å²) in [5.74, 6) is 0.687. The maximum Gasteiger partial charge on any atom is 0.234 e. The molecule has 4 rings (SSSR count). The monoisotopic (exact) mass is 417 g/mol. The van der Waals surface area contributed by atoms with Crippen molar-refractivity contribution >= 4 is 23.4 Å². The summed E-state index contributed by atoms with van der Waals surface area (Å²) in [5, 5.41) is 15.2. The zero-order valence-electron chi connectivity index (χ0n) is 16.2. The van der Waals surface area contributed by atoms with Crippen LogP contribution in [0, 0.1) is 0 Å². The minimum absolute atomic E-state index is 0.137. The van der Waals surface area contributed by atoms with Crippen LogP contribution in [-0.2, 0) is 4.79 Å². The van der Waals surface area contributed by atoms with E-state index >= 15 is 0 Å². The number of tetrazole rings is 1. The maximum absolute atomic E-state index is 12.4. The molecule has 1 amide bonds. The fraction of sp³-hybridized carbons (Fsp3) is 0.0909. The zero-order chi connectivity index (χ0) is 20.8. The third kappa shape index (κ3) is 4.49. The van der Waals surface area contributed by atoms with Gasteiger partial charge in [0, 0.05) is 5.69 Å². The summed E-state index contributed by atoms with van der Waals surface area (Å²) in [4.78, 5) is 12.4. The number of anilines is 1. The molecule has 0 atom stereocenters. The summed E-state index contributed by atoms with van der Waals surface area (Å²) in [6.45, 7) is 0. The first-order valence-corrected chi connectivity index (χ1v) is 10.2. The minimum Gasteiger partial charge on any atom is -0.494 e. The molecule has 150 valence electrons. The molecule has 1 N–H and O–H groups in total. The third-order valence-electron chi connectivity index (χ3n) is 4.36. The van der Waals surface area contributed by atoms with Gasteiger partial charge in [-0.2, -0.15) is 4.68 Å². The Hall–Kier alpha value is -3.65. The van der Waals surface area contributed by atoms with Gasteiger partial charge in [0.05, 0.1) is 12.9 Å². The van der Waals surface area contributed by atoms with E-state index in [4.69, 9.17) is 4.74 Å². The first-order chi connectivity index (χ1) is 14.7. The molecular formula is C22H19N5O2S. The highest BCUT2D eigenvalue weighted by molar-refractivity contribution is 7.99. The Balaban J connectivity index is 1.39.